The Balaban J connectivity index is 1.77. The van der Waals surface area contributed by atoms with E-state index in [0.717, 1.165) is 24.2 Å². The van der Waals surface area contributed by atoms with E-state index in [9.17, 15) is 9.59 Å². The van der Waals surface area contributed by atoms with Crippen molar-refractivity contribution < 1.29 is 19.4 Å². The molecule has 0 radical (unpaired) electrons. The van der Waals surface area contributed by atoms with Crippen LogP contribution in [-0.2, 0) is 15.0 Å². The number of carboxylic acids is 1. The van der Waals surface area contributed by atoms with Crippen LogP contribution in [0.2, 0.25) is 0 Å². The summed E-state index contributed by atoms with van der Waals surface area (Å²) in [7, 11) is 1.61. The smallest absolute Gasteiger partial charge is 0.322 e. The molecule has 22 heavy (non-hydrogen) atoms. The molecule has 6 heteroatoms. The van der Waals surface area contributed by atoms with Gasteiger partial charge in [-0.2, -0.15) is 0 Å². The Morgan fingerprint density at radius 3 is 2.55 bits per heavy atom. The van der Waals surface area contributed by atoms with E-state index in [-0.39, 0.29) is 12.5 Å². The summed E-state index contributed by atoms with van der Waals surface area (Å²) in [6.07, 6.45) is 1.64. The molecular formula is C16H20N2O4. The second kappa shape index (κ2) is 5.61. The largest absolute Gasteiger partial charge is 0.497 e. The number of piperazine rings is 1. The zero-order chi connectivity index (χ0) is 15.7. The van der Waals surface area contributed by atoms with Gasteiger partial charge in [0.15, 0.2) is 0 Å². The van der Waals surface area contributed by atoms with Gasteiger partial charge in [0.1, 0.15) is 11.8 Å². The minimum Gasteiger partial charge on any atom is -0.497 e. The SMILES string of the molecule is COc1ccc(C2(C(=O)N3CCN[C@@H](C(=O)O)C3)CC2)cc1. The highest BCUT2D eigenvalue weighted by atomic mass is 16.5. The van der Waals surface area contributed by atoms with E-state index in [0.29, 0.717) is 13.1 Å². The fourth-order valence-corrected chi connectivity index (χ4v) is 3.06. The molecule has 1 saturated heterocycles. The van der Waals surface area contributed by atoms with Crippen LogP contribution < -0.4 is 10.1 Å². The molecule has 1 aromatic carbocycles. The Hall–Kier alpha value is -2.08. The quantitative estimate of drug-likeness (QED) is 0.852. The molecule has 1 heterocycles. The molecule has 0 unspecified atom stereocenters. The lowest BCUT2D eigenvalue weighted by molar-refractivity contribution is -0.143. The van der Waals surface area contributed by atoms with Crippen molar-refractivity contribution in [2.75, 3.05) is 26.7 Å². The van der Waals surface area contributed by atoms with Gasteiger partial charge in [0.2, 0.25) is 5.91 Å². The van der Waals surface area contributed by atoms with Gasteiger partial charge in [0.05, 0.1) is 12.5 Å². The second-order valence-corrected chi connectivity index (χ2v) is 5.91. The average molecular weight is 304 g/mol. The topological polar surface area (TPSA) is 78.9 Å². The molecular weight excluding hydrogens is 284 g/mol. The maximum Gasteiger partial charge on any atom is 0.322 e. The minimum atomic E-state index is -0.910. The van der Waals surface area contributed by atoms with Gasteiger partial charge in [-0.25, -0.2) is 0 Å². The number of hydrogen-bond donors (Lipinski definition) is 2. The van der Waals surface area contributed by atoms with Gasteiger partial charge in [-0.1, -0.05) is 12.1 Å². The summed E-state index contributed by atoms with van der Waals surface area (Å²) in [5, 5.41) is 12.0. The third-order valence-corrected chi connectivity index (χ3v) is 4.56. The number of aliphatic carboxylic acids is 1. The third-order valence-electron chi connectivity index (χ3n) is 4.56. The van der Waals surface area contributed by atoms with Crippen molar-refractivity contribution >= 4 is 11.9 Å². The first-order valence-corrected chi connectivity index (χ1v) is 7.47. The van der Waals surface area contributed by atoms with Crippen LogP contribution in [0.1, 0.15) is 18.4 Å². The zero-order valence-corrected chi connectivity index (χ0v) is 12.5. The van der Waals surface area contributed by atoms with Crippen LogP contribution in [0.15, 0.2) is 24.3 Å². The number of methoxy groups -OCH3 is 1. The number of carbonyl (C=O) groups excluding carboxylic acids is 1. The number of hydrogen-bond acceptors (Lipinski definition) is 4. The fraction of sp³-hybridized carbons (Fsp3) is 0.500. The summed E-state index contributed by atoms with van der Waals surface area (Å²) in [4.78, 5) is 25.7. The van der Waals surface area contributed by atoms with Crippen molar-refractivity contribution in [3.05, 3.63) is 29.8 Å². The average Bonchev–Trinajstić information content (AvgIpc) is 3.36. The molecule has 1 saturated carbocycles. The molecule has 2 fully saturated rings. The Morgan fingerprint density at radius 1 is 1.32 bits per heavy atom. The number of nitrogens with zero attached hydrogens (tertiary/aromatic N) is 1. The van der Waals surface area contributed by atoms with Crippen molar-refractivity contribution in [3.8, 4) is 5.75 Å². The minimum absolute atomic E-state index is 0.0467. The Kier molecular flexibility index (Phi) is 3.78. The second-order valence-electron chi connectivity index (χ2n) is 5.91. The van der Waals surface area contributed by atoms with E-state index >= 15 is 0 Å². The van der Waals surface area contributed by atoms with Gasteiger partial charge in [-0.3, -0.25) is 9.59 Å². The van der Waals surface area contributed by atoms with Crippen molar-refractivity contribution in [2.45, 2.75) is 24.3 Å². The van der Waals surface area contributed by atoms with Gasteiger partial charge < -0.3 is 20.1 Å². The number of benzene rings is 1. The maximum atomic E-state index is 12.9. The van der Waals surface area contributed by atoms with Gasteiger partial charge in [-0.15, -0.1) is 0 Å². The number of ether oxygens (including phenoxy) is 1. The molecule has 0 bridgehead atoms. The molecule has 1 aromatic rings. The van der Waals surface area contributed by atoms with Crippen LogP contribution >= 0.6 is 0 Å². The van der Waals surface area contributed by atoms with Crippen LogP contribution in [0.4, 0.5) is 0 Å². The first-order chi connectivity index (χ1) is 10.6. The maximum absolute atomic E-state index is 12.9. The van der Waals surface area contributed by atoms with Crippen molar-refractivity contribution in [3.63, 3.8) is 0 Å². The summed E-state index contributed by atoms with van der Waals surface area (Å²) in [5.41, 5.74) is 0.524. The zero-order valence-electron chi connectivity index (χ0n) is 12.5. The van der Waals surface area contributed by atoms with Crippen LogP contribution in [-0.4, -0.2) is 54.7 Å². The standard InChI is InChI=1S/C16H20N2O4/c1-22-12-4-2-11(3-5-12)16(6-7-16)15(21)18-9-8-17-13(10-18)14(19)20/h2-5,13,17H,6-10H2,1H3,(H,19,20)/t13-/m1/s1. The van der Waals surface area contributed by atoms with Gasteiger partial charge in [-0.05, 0) is 30.5 Å². The van der Waals surface area contributed by atoms with Crippen molar-refractivity contribution in [1.82, 2.24) is 10.2 Å². The van der Waals surface area contributed by atoms with E-state index in [2.05, 4.69) is 5.32 Å². The van der Waals surface area contributed by atoms with Crippen molar-refractivity contribution in [2.24, 2.45) is 0 Å². The molecule has 0 aromatic heterocycles. The highest BCUT2D eigenvalue weighted by molar-refractivity contribution is 5.92. The van der Waals surface area contributed by atoms with Crippen LogP contribution in [0.3, 0.4) is 0 Å². The first kappa shape index (κ1) is 14.8. The Morgan fingerprint density at radius 2 is 2.00 bits per heavy atom. The van der Waals surface area contributed by atoms with Crippen LogP contribution in [0.5, 0.6) is 5.75 Å². The predicted molar refractivity (Wildman–Crippen MR) is 79.9 cm³/mol. The number of carbonyl (C=O) groups is 2. The van der Waals surface area contributed by atoms with E-state index < -0.39 is 17.4 Å². The number of amides is 1. The lowest BCUT2D eigenvalue weighted by atomic mass is 9.93. The molecule has 2 N–H and O–H groups in total. The molecule has 1 amide bonds. The van der Waals surface area contributed by atoms with Gasteiger partial charge in [0, 0.05) is 19.6 Å². The monoisotopic (exact) mass is 304 g/mol. The van der Waals surface area contributed by atoms with Crippen molar-refractivity contribution in [1.29, 1.82) is 0 Å². The lowest BCUT2D eigenvalue weighted by Gasteiger charge is -2.34. The number of rotatable bonds is 4. The summed E-state index contributed by atoms with van der Waals surface area (Å²) in [6.45, 7) is 1.30. The molecule has 0 spiro atoms. The summed E-state index contributed by atoms with van der Waals surface area (Å²) in [5.74, 6) is -0.0997. The molecule has 1 aliphatic heterocycles. The third kappa shape index (κ3) is 2.54. The number of nitrogens with one attached hydrogen (secondary N) is 1. The summed E-state index contributed by atoms with van der Waals surface area (Å²) in [6, 6.07) is 6.91. The predicted octanol–water partition coefficient (Wildman–Crippen LogP) is 0.612. The summed E-state index contributed by atoms with van der Waals surface area (Å²) >= 11 is 0. The Labute approximate surface area is 129 Å². The highest BCUT2D eigenvalue weighted by Gasteiger charge is 2.53. The molecule has 2 aliphatic rings. The number of carboxylic acid groups (broad SMARTS) is 1. The fourth-order valence-electron chi connectivity index (χ4n) is 3.06. The van der Waals surface area contributed by atoms with E-state index in [1.165, 1.54) is 0 Å². The molecule has 1 aliphatic carbocycles. The van der Waals surface area contributed by atoms with Gasteiger partial charge in [0.25, 0.3) is 0 Å². The Bertz CT molecular complexity index is 580. The first-order valence-electron chi connectivity index (χ1n) is 7.47. The van der Waals surface area contributed by atoms with E-state index in [1.807, 2.05) is 24.3 Å². The normalized spacial score (nSPS) is 23.0. The molecule has 118 valence electrons. The van der Waals surface area contributed by atoms with E-state index in [4.69, 9.17) is 9.84 Å². The van der Waals surface area contributed by atoms with Crippen LogP contribution in [0, 0.1) is 0 Å². The van der Waals surface area contributed by atoms with Crippen LogP contribution in [0.25, 0.3) is 0 Å². The highest BCUT2D eigenvalue weighted by Crippen LogP contribution is 2.50. The van der Waals surface area contributed by atoms with Gasteiger partial charge >= 0.3 is 5.97 Å². The van der Waals surface area contributed by atoms with E-state index in [1.54, 1.807) is 12.0 Å². The lowest BCUT2D eigenvalue weighted by Crippen LogP contribution is -2.57. The summed E-state index contributed by atoms with van der Waals surface area (Å²) < 4.78 is 5.15. The molecule has 6 nitrogen and oxygen atoms in total. The molecule has 1 atom stereocenters. The molecule has 3 rings (SSSR count).